The Morgan fingerprint density at radius 2 is 0.649 bits per heavy atom. The van der Waals surface area contributed by atoms with E-state index in [1.54, 1.807) is 0 Å². The number of nitrogens with zero attached hydrogens (tertiary/aromatic N) is 2. The molecule has 1 aromatic heterocycles. The quantitative estimate of drug-likeness (QED) is 0.137. The van der Waals surface area contributed by atoms with Gasteiger partial charge in [-0.3, -0.25) is 0 Å². The van der Waals surface area contributed by atoms with Gasteiger partial charge in [0, 0.05) is 65.1 Å². The molecule has 0 unspecified atom stereocenters. The zero-order chi connectivity index (χ0) is 39.0. The second-order valence-corrected chi connectivity index (χ2v) is 17.0. The number of thiophene rings is 1. The van der Waals surface area contributed by atoms with E-state index in [4.69, 9.17) is 0 Å². The maximum Gasteiger partial charge on any atom is 0.0476 e. The summed E-state index contributed by atoms with van der Waals surface area (Å²) in [5, 5.41) is 2.53. The molecule has 0 radical (unpaired) electrons. The Kier molecular flexibility index (Phi) is 9.48. The third kappa shape index (κ3) is 6.90. The van der Waals surface area contributed by atoms with Crippen LogP contribution in [0.1, 0.15) is 49.9 Å². The summed E-state index contributed by atoms with van der Waals surface area (Å²) in [5.74, 6) is 0. The van der Waals surface area contributed by atoms with Crippen molar-refractivity contribution in [2.45, 2.75) is 38.5 Å². The largest absolute Gasteiger partial charge is 0.310 e. The summed E-state index contributed by atoms with van der Waals surface area (Å²) >= 11 is 1.86. The lowest BCUT2D eigenvalue weighted by atomic mass is 9.78. The van der Waals surface area contributed by atoms with E-state index in [1.807, 2.05) is 11.3 Å². The molecule has 57 heavy (non-hydrogen) atoms. The van der Waals surface area contributed by atoms with Gasteiger partial charge in [0.1, 0.15) is 0 Å². The molecule has 0 aliphatic heterocycles. The highest BCUT2D eigenvalue weighted by Gasteiger charge is 2.25. The van der Waals surface area contributed by atoms with E-state index in [-0.39, 0.29) is 10.8 Å². The normalized spacial score (nSPS) is 11.9. The Hall–Kier alpha value is -6.42. The fraction of sp³-hybridized carbons (Fsp3) is 0.111. The van der Waals surface area contributed by atoms with Crippen molar-refractivity contribution in [3.05, 3.63) is 229 Å². The second-order valence-electron chi connectivity index (χ2n) is 15.9. The van der Waals surface area contributed by atoms with E-state index in [9.17, 15) is 0 Å². The van der Waals surface area contributed by atoms with Crippen LogP contribution in [-0.4, -0.2) is 0 Å². The second kappa shape index (κ2) is 14.9. The summed E-state index contributed by atoms with van der Waals surface area (Å²) in [6.45, 7) is 9.21. The van der Waals surface area contributed by atoms with Crippen LogP contribution in [0.15, 0.2) is 206 Å². The Morgan fingerprint density at radius 3 is 1.11 bits per heavy atom. The minimum atomic E-state index is -0.108. The summed E-state index contributed by atoms with van der Waals surface area (Å²) < 4.78 is 2.54. The standard InChI is InChI=1S/C54H46N2S/c1-53(2,39-17-9-5-10-18-39)41-25-29-45(30-26-41)55(43-21-13-7-14-22-43)47-34-36-51-50(37-47)49-35-33-48(38-52(49)57-51)56(44-23-15-8-16-24-44)46-31-27-42(28-32-46)54(3,4)40-19-11-6-12-20-40/h5-38H,1-4H3. The molecule has 8 aromatic carbocycles. The fourth-order valence-electron chi connectivity index (χ4n) is 8.18. The summed E-state index contributed by atoms with van der Waals surface area (Å²) in [4.78, 5) is 4.74. The zero-order valence-corrected chi connectivity index (χ0v) is 33.7. The third-order valence-corrected chi connectivity index (χ3v) is 12.8. The summed E-state index contributed by atoms with van der Waals surface area (Å²) in [7, 11) is 0. The van der Waals surface area contributed by atoms with Gasteiger partial charge < -0.3 is 9.80 Å². The number of para-hydroxylation sites is 2. The topological polar surface area (TPSA) is 6.48 Å². The van der Waals surface area contributed by atoms with Gasteiger partial charge in [-0.15, -0.1) is 11.3 Å². The first kappa shape index (κ1) is 36.2. The molecule has 2 nitrogen and oxygen atoms in total. The van der Waals surface area contributed by atoms with Crippen molar-refractivity contribution in [2.75, 3.05) is 9.80 Å². The minimum Gasteiger partial charge on any atom is -0.310 e. The van der Waals surface area contributed by atoms with E-state index < -0.39 is 0 Å². The first-order chi connectivity index (χ1) is 27.8. The van der Waals surface area contributed by atoms with Crippen LogP contribution in [0.2, 0.25) is 0 Å². The van der Waals surface area contributed by atoms with Gasteiger partial charge in [-0.05, 0) is 101 Å². The molecule has 1 heterocycles. The predicted molar refractivity (Wildman–Crippen MR) is 246 cm³/mol. The molecule has 0 aliphatic carbocycles. The number of benzene rings is 8. The molecule has 0 amide bonds. The first-order valence-electron chi connectivity index (χ1n) is 19.8. The highest BCUT2D eigenvalue weighted by atomic mass is 32.1. The van der Waals surface area contributed by atoms with Crippen LogP contribution in [0.25, 0.3) is 20.2 Å². The molecule has 9 aromatic rings. The van der Waals surface area contributed by atoms with Crippen LogP contribution in [0, 0.1) is 0 Å². The SMILES string of the molecule is CC(C)(c1ccccc1)c1ccc(N(c2ccccc2)c2ccc3c(c2)sc2ccc(N(c4ccccc4)c4ccc(C(C)(C)c5ccccc5)cc4)cc23)cc1. The molecule has 0 N–H and O–H groups in total. The smallest absolute Gasteiger partial charge is 0.0476 e. The van der Waals surface area contributed by atoms with Gasteiger partial charge in [0.15, 0.2) is 0 Å². The van der Waals surface area contributed by atoms with Crippen LogP contribution >= 0.6 is 11.3 Å². The van der Waals surface area contributed by atoms with E-state index in [0.717, 1.165) is 34.1 Å². The Balaban J connectivity index is 1.09. The van der Waals surface area contributed by atoms with Crippen molar-refractivity contribution in [3.8, 4) is 0 Å². The molecule has 9 rings (SSSR count). The molecule has 0 atom stereocenters. The van der Waals surface area contributed by atoms with E-state index in [0.29, 0.717) is 0 Å². The predicted octanol–water partition coefficient (Wildman–Crippen LogP) is 15.6. The van der Waals surface area contributed by atoms with Crippen molar-refractivity contribution in [2.24, 2.45) is 0 Å². The maximum atomic E-state index is 2.37. The highest BCUT2D eigenvalue weighted by molar-refractivity contribution is 7.25. The number of hydrogen-bond acceptors (Lipinski definition) is 3. The lowest BCUT2D eigenvalue weighted by Gasteiger charge is -2.29. The Bertz CT molecular complexity index is 2750. The van der Waals surface area contributed by atoms with Crippen molar-refractivity contribution in [3.63, 3.8) is 0 Å². The highest BCUT2D eigenvalue weighted by Crippen LogP contribution is 2.44. The summed E-state index contributed by atoms with van der Waals surface area (Å²) in [6.07, 6.45) is 0. The molecular formula is C54H46N2S. The first-order valence-corrected chi connectivity index (χ1v) is 20.6. The Morgan fingerprint density at radius 1 is 0.298 bits per heavy atom. The molecule has 0 bridgehead atoms. The summed E-state index contributed by atoms with van der Waals surface area (Å²) in [5.41, 5.74) is 11.8. The molecule has 278 valence electrons. The lowest BCUT2D eigenvalue weighted by molar-refractivity contribution is 0.641. The van der Waals surface area contributed by atoms with Gasteiger partial charge in [-0.2, -0.15) is 0 Å². The molecule has 0 saturated heterocycles. The van der Waals surface area contributed by atoms with Crippen molar-refractivity contribution < 1.29 is 0 Å². The van der Waals surface area contributed by atoms with Crippen LogP contribution in [-0.2, 0) is 10.8 Å². The average Bonchev–Trinajstić information content (AvgIpc) is 3.63. The van der Waals surface area contributed by atoms with Gasteiger partial charge >= 0.3 is 0 Å². The molecule has 0 spiro atoms. The van der Waals surface area contributed by atoms with E-state index >= 15 is 0 Å². The van der Waals surface area contributed by atoms with Gasteiger partial charge in [0.25, 0.3) is 0 Å². The van der Waals surface area contributed by atoms with Gasteiger partial charge in [-0.1, -0.05) is 155 Å². The lowest BCUT2D eigenvalue weighted by Crippen LogP contribution is -2.19. The van der Waals surface area contributed by atoms with Gasteiger partial charge in [0.05, 0.1) is 0 Å². The number of rotatable bonds is 10. The zero-order valence-electron chi connectivity index (χ0n) is 32.9. The Labute approximate surface area is 340 Å². The van der Waals surface area contributed by atoms with E-state index in [2.05, 4.69) is 244 Å². The molecule has 0 saturated carbocycles. The van der Waals surface area contributed by atoms with Crippen molar-refractivity contribution >= 4 is 65.6 Å². The van der Waals surface area contributed by atoms with Crippen LogP contribution in [0.5, 0.6) is 0 Å². The van der Waals surface area contributed by atoms with E-state index in [1.165, 1.54) is 42.4 Å². The van der Waals surface area contributed by atoms with Crippen molar-refractivity contribution in [1.82, 2.24) is 0 Å². The fourth-order valence-corrected chi connectivity index (χ4v) is 9.30. The van der Waals surface area contributed by atoms with Gasteiger partial charge in [-0.25, -0.2) is 0 Å². The number of fused-ring (bicyclic) bond motifs is 3. The monoisotopic (exact) mass is 754 g/mol. The van der Waals surface area contributed by atoms with Crippen molar-refractivity contribution in [1.29, 1.82) is 0 Å². The average molecular weight is 755 g/mol. The molecule has 0 fully saturated rings. The van der Waals surface area contributed by atoms with Crippen LogP contribution in [0.4, 0.5) is 34.1 Å². The number of anilines is 6. The molecule has 3 heteroatoms. The minimum absolute atomic E-state index is 0.106. The summed E-state index contributed by atoms with van der Waals surface area (Å²) in [6, 6.07) is 75.0. The molecule has 0 aliphatic rings. The van der Waals surface area contributed by atoms with Gasteiger partial charge in [0.2, 0.25) is 0 Å². The number of hydrogen-bond donors (Lipinski definition) is 0. The van der Waals surface area contributed by atoms with Crippen LogP contribution in [0.3, 0.4) is 0 Å². The third-order valence-electron chi connectivity index (χ3n) is 11.7. The molecular weight excluding hydrogens is 709 g/mol. The maximum absolute atomic E-state index is 2.37. The van der Waals surface area contributed by atoms with Crippen LogP contribution < -0.4 is 9.80 Å².